The quantitative estimate of drug-likeness (QED) is 0.622. The molecule has 0 bridgehead atoms. The highest BCUT2D eigenvalue weighted by Gasteiger charge is 1.84. The lowest BCUT2D eigenvalue weighted by molar-refractivity contribution is 1.08. The van der Waals surface area contributed by atoms with Gasteiger partial charge in [0.1, 0.15) is 0 Å². The van der Waals surface area contributed by atoms with E-state index in [2.05, 4.69) is 31.0 Å². The second kappa shape index (κ2) is 5.31. The summed E-state index contributed by atoms with van der Waals surface area (Å²) >= 11 is 0. The fourth-order valence-corrected chi connectivity index (χ4v) is 0.943. The standard InChI is InChI=1S/C12H15N/c1-11(2)8-9-13-10-12-6-4-3-5-7-12/h3-9H,10H2,1-2H3/b13-9+. The average Bonchev–Trinajstić information content (AvgIpc) is 2.14. The van der Waals surface area contributed by atoms with Crippen LogP contribution in [0, 0.1) is 0 Å². The first-order chi connectivity index (χ1) is 6.29. The van der Waals surface area contributed by atoms with Gasteiger partial charge >= 0.3 is 0 Å². The van der Waals surface area contributed by atoms with Gasteiger partial charge in [-0.05, 0) is 25.5 Å². The molecule has 0 amide bonds. The Labute approximate surface area is 79.8 Å². The molecule has 1 aromatic rings. The fraction of sp³-hybridized carbons (Fsp3) is 0.250. The van der Waals surface area contributed by atoms with Crippen LogP contribution in [0.5, 0.6) is 0 Å². The van der Waals surface area contributed by atoms with Crippen molar-refractivity contribution in [2.24, 2.45) is 4.99 Å². The molecule has 0 aliphatic carbocycles. The molecule has 0 N–H and O–H groups in total. The van der Waals surface area contributed by atoms with Gasteiger partial charge in [0.05, 0.1) is 6.54 Å². The second-order valence-corrected chi connectivity index (χ2v) is 3.22. The van der Waals surface area contributed by atoms with Gasteiger partial charge in [0, 0.05) is 6.21 Å². The number of allylic oxidation sites excluding steroid dienone is 2. The Bertz CT molecular complexity index is 292. The second-order valence-electron chi connectivity index (χ2n) is 3.22. The van der Waals surface area contributed by atoms with Crippen molar-refractivity contribution in [1.82, 2.24) is 0 Å². The van der Waals surface area contributed by atoms with E-state index in [1.807, 2.05) is 30.5 Å². The number of rotatable bonds is 3. The van der Waals surface area contributed by atoms with Gasteiger partial charge in [-0.25, -0.2) is 0 Å². The summed E-state index contributed by atoms with van der Waals surface area (Å²) in [5, 5.41) is 0. The topological polar surface area (TPSA) is 12.4 Å². The van der Waals surface area contributed by atoms with E-state index in [4.69, 9.17) is 0 Å². The first-order valence-corrected chi connectivity index (χ1v) is 4.46. The first kappa shape index (κ1) is 9.72. The third-order valence-corrected chi connectivity index (χ3v) is 1.63. The molecule has 1 aromatic carbocycles. The van der Waals surface area contributed by atoms with Crippen LogP contribution in [0.2, 0.25) is 0 Å². The minimum Gasteiger partial charge on any atom is -0.288 e. The maximum absolute atomic E-state index is 4.28. The molecule has 0 fully saturated rings. The van der Waals surface area contributed by atoms with Crippen molar-refractivity contribution in [1.29, 1.82) is 0 Å². The zero-order valence-electron chi connectivity index (χ0n) is 8.20. The van der Waals surface area contributed by atoms with Crippen molar-refractivity contribution >= 4 is 6.21 Å². The van der Waals surface area contributed by atoms with Crippen LogP contribution >= 0.6 is 0 Å². The third-order valence-electron chi connectivity index (χ3n) is 1.63. The Kier molecular flexibility index (Phi) is 3.97. The molecule has 0 saturated heterocycles. The highest BCUT2D eigenvalue weighted by molar-refractivity contribution is 5.71. The molecule has 68 valence electrons. The third kappa shape index (κ3) is 4.26. The Morgan fingerprint density at radius 1 is 1.23 bits per heavy atom. The van der Waals surface area contributed by atoms with Gasteiger partial charge in [0.2, 0.25) is 0 Å². The molecule has 1 heteroatoms. The summed E-state index contributed by atoms with van der Waals surface area (Å²) in [6, 6.07) is 10.3. The summed E-state index contributed by atoms with van der Waals surface area (Å²) in [6.07, 6.45) is 3.88. The van der Waals surface area contributed by atoms with Crippen LogP contribution in [0.25, 0.3) is 0 Å². The predicted octanol–water partition coefficient (Wildman–Crippen LogP) is 3.22. The molecule has 13 heavy (non-hydrogen) atoms. The van der Waals surface area contributed by atoms with Crippen molar-refractivity contribution < 1.29 is 0 Å². The largest absolute Gasteiger partial charge is 0.288 e. The first-order valence-electron chi connectivity index (χ1n) is 4.46. The van der Waals surface area contributed by atoms with Crippen LogP contribution in [0.3, 0.4) is 0 Å². The van der Waals surface area contributed by atoms with Crippen molar-refractivity contribution in [3.63, 3.8) is 0 Å². The molecule has 0 heterocycles. The molecule has 0 spiro atoms. The highest BCUT2D eigenvalue weighted by atomic mass is 14.7. The zero-order valence-corrected chi connectivity index (χ0v) is 8.20. The van der Waals surface area contributed by atoms with Crippen LogP contribution < -0.4 is 0 Å². The summed E-state index contributed by atoms with van der Waals surface area (Å²) in [4.78, 5) is 4.28. The monoisotopic (exact) mass is 173 g/mol. The highest BCUT2D eigenvalue weighted by Crippen LogP contribution is 1.99. The lowest BCUT2D eigenvalue weighted by atomic mass is 10.2. The number of hydrogen-bond donors (Lipinski definition) is 0. The van der Waals surface area contributed by atoms with Crippen LogP contribution in [0.15, 0.2) is 47.0 Å². The van der Waals surface area contributed by atoms with Crippen LogP contribution in [-0.4, -0.2) is 6.21 Å². The summed E-state index contributed by atoms with van der Waals surface area (Å²) in [7, 11) is 0. The Morgan fingerprint density at radius 2 is 1.92 bits per heavy atom. The minimum absolute atomic E-state index is 0.768. The Hall–Kier alpha value is -1.37. The summed E-state index contributed by atoms with van der Waals surface area (Å²) < 4.78 is 0. The summed E-state index contributed by atoms with van der Waals surface area (Å²) in [5.41, 5.74) is 2.53. The van der Waals surface area contributed by atoms with Crippen molar-refractivity contribution in [2.45, 2.75) is 20.4 Å². The van der Waals surface area contributed by atoms with Crippen molar-refractivity contribution in [3.8, 4) is 0 Å². The van der Waals surface area contributed by atoms with Gasteiger partial charge in [0.25, 0.3) is 0 Å². The van der Waals surface area contributed by atoms with Gasteiger partial charge in [-0.3, -0.25) is 4.99 Å². The molecule has 0 saturated carbocycles. The lowest BCUT2D eigenvalue weighted by Crippen LogP contribution is -1.79. The van der Waals surface area contributed by atoms with E-state index in [-0.39, 0.29) is 0 Å². The number of benzene rings is 1. The number of hydrogen-bond acceptors (Lipinski definition) is 1. The summed E-state index contributed by atoms with van der Waals surface area (Å²) in [5.74, 6) is 0. The van der Waals surface area contributed by atoms with E-state index in [1.54, 1.807) is 0 Å². The maximum atomic E-state index is 4.28. The normalized spacial score (nSPS) is 10.3. The zero-order chi connectivity index (χ0) is 9.52. The van der Waals surface area contributed by atoms with Gasteiger partial charge in [0.15, 0.2) is 0 Å². The van der Waals surface area contributed by atoms with Crippen molar-refractivity contribution in [2.75, 3.05) is 0 Å². The van der Waals surface area contributed by atoms with Crippen LogP contribution in [-0.2, 0) is 6.54 Å². The summed E-state index contributed by atoms with van der Waals surface area (Å²) in [6.45, 7) is 4.90. The fourth-order valence-electron chi connectivity index (χ4n) is 0.943. The number of aliphatic imine (C=N–C) groups is 1. The van der Waals surface area contributed by atoms with Gasteiger partial charge in [-0.15, -0.1) is 0 Å². The predicted molar refractivity (Wildman–Crippen MR) is 58.1 cm³/mol. The molecule has 1 rings (SSSR count). The average molecular weight is 173 g/mol. The van der Waals surface area contributed by atoms with E-state index < -0.39 is 0 Å². The number of nitrogens with zero attached hydrogens (tertiary/aromatic N) is 1. The van der Waals surface area contributed by atoms with Gasteiger partial charge in [-0.2, -0.15) is 0 Å². The molecule has 0 unspecified atom stereocenters. The van der Waals surface area contributed by atoms with Crippen LogP contribution in [0.4, 0.5) is 0 Å². The minimum atomic E-state index is 0.768. The van der Waals surface area contributed by atoms with Gasteiger partial charge < -0.3 is 0 Å². The van der Waals surface area contributed by atoms with E-state index in [9.17, 15) is 0 Å². The SMILES string of the molecule is CC(C)=C/C=N/Cc1ccccc1. The smallest absolute Gasteiger partial charge is 0.0639 e. The molecule has 0 aliphatic heterocycles. The maximum Gasteiger partial charge on any atom is 0.0639 e. The Balaban J connectivity index is 2.44. The van der Waals surface area contributed by atoms with Gasteiger partial charge in [-0.1, -0.05) is 35.9 Å². The van der Waals surface area contributed by atoms with Crippen LogP contribution in [0.1, 0.15) is 19.4 Å². The molecule has 1 nitrogen and oxygen atoms in total. The molecule has 0 aliphatic rings. The lowest BCUT2D eigenvalue weighted by Gasteiger charge is -1.92. The van der Waals surface area contributed by atoms with E-state index >= 15 is 0 Å². The van der Waals surface area contributed by atoms with E-state index in [0.29, 0.717) is 0 Å². The molecular weight excluding hydrogens is 158 g/mol. The van der Waals surface area contributed by atoms with Crippen molar-refractivity contribution in [3.05, 3.63) is 47.5 Å². The van der Waals surface area contributed by atoms with E-state index in [1.165, 1.54) is 11.1 Å². The molecule has 0 aromatic heterocycles. The van der Waals surface area contributed by atoms with E-state index in [0.717, 1.165) is 6.54 Å². The molecular formula is C12H15N. The Morgan fingerprint density at radius 3 is 2.54 bits per heavy atom. The molecule has 0 radical (unpaired) electrons. The molecule has 0 atom stereocenters.